The molecule has 2 aromatic rings. The van der Waals surface area contributed by atoms with Gasteiger partial charge in [0, 0.05) is 12.4 Å². The average molecular weight is 246 g/mol. The molecule has 1 saturated carbocycles. The molecular weight excluding hydrogens is 232 g/mol. The van der Waals surface area contributed by atoms with Crippen LogP contribution in [0.2, 0.25) is 0 Å². The van der Waals surface area contributed by atoms with Crippen molar-refractivity contribution >= 4 is 5.95 Å². The number of ether oxygens (including phenoxy) is 1. The van der Waals surface area contributed by atoms with E-state index in [1.807, 2.05) is 0 Å². The van der Waals surface area contributed by atoms with Crippen molar-refractivity contribution in [1.82, 2.24) is 24.5 Å². The van der Waals surface area contributed by atoms with Gasteiger partial charge >= 0.3 is 6.01 Å². The Morgan fingerprint density at radius 2 is 2.06 bits per heavy atom. The Hall–Kier alpha value is -2.18. The predicted octanol–water partition coefficient (Wildman–Crippen LogP) is 0.961. The highest BCUT2D eigenvalue weighted by Crippen LogP contribution is 2.22. The van der Waals surface area contributed by atoms with Crippen molar-refractivity contribution in [3.05, 3.63) is 18.7 Å². The van der Waals surface area contributed by atoms with Crippen molar-refractivity contribution in [2.75, 3.05) is 5.73 Å². The molecule has 7 nitrogen and oxygen atoms in total. The Morgan fingerprint density at radius 3 is 2.78 bits per heavy atom. The van der Waals surface area contributed by atoms with Crippen molar-refractivity contribution < 1.29 is 4.74 Å². The molecule has 2 aromatic heterocycles. The molecule has 0 amide bonds. The van der Waals surface area contributed by atoms with Crippen LogP contribution >= 0.6 is 0 Å². The topological polar surface area (TPSA) is 91.7 Å². The Bertz CT molecular complexity index is 520. The smallest absolute Gasteiger partial charge is 0.323 e. The number of imidazole rings is 1. The number of anilines is 1. The van der Waals surface area contributed by atoms with E-state index in [0.717, 1.165) is 12.8 Å². The number of nitrogen functional groups attached to an aromatic ring is 1. The lowest BCUT2D eigenvalue weighted by atomic mass is 10.3. The number of aromatic nitrogens is 5. The van der Waals surface area contributed by atoms with Crippen LogP contribution in [0, 0.1) is 0 Å². The summed E-state index contributed by atoms with van der Waals surface area (Å²) in [6.07, 6.45) is 9.68. The molecule has 0 atom stereocenters. The minimum Gasteiger partial charge on any atom is -0.460 e. The lowest BCUT2D eigenvalue weighted by Gasteiger charge is -2.11. The van der Waals surface area contributed by atoms with Gasteiger partial charge in [0.2, 0.25) is 11.9 Å². The first kappa shape index (κ1) is 10.9. The summed E-state index contributed by atoms with van der Waals surface area (Å²) < 4.78 is 7.39. The quantitative estimate of drug-likeness (QED) is 0.867. The predicted molar refractivity (Wildman–Crippen MR) is 64.2 cm³/mol. The molecule has 0 aliphatic heterocycles. The van der Waals surface area contributed by atoms with Crippen LogP contribution in [0.3, 0.4) is 0 Å². The Labute approximate surface area is 104 Å². The van der Waals surface area contributed by atoms with Crippen molar-refractivity contribution in [2.45, 2.75) is 31.8 Å². The maximum Gasteiger partial charge on any atom is 0.323 e. The third-order valence-corrected chi connectivity index (χ3v) is 2.93. The van der Waals surface area contributed by atoms with E-state index in [1.54, 1.807) is 23.3 Å². The standard InChI is InChI=1S/C11H14N6O/c12-9-14-10(17-6-5-13-7-17)16-11(15-9)18-8-3-1-2-4-8/h5-8H,1-4H2,(H2,12,14,15,16). The molecule has 0 unspecified atom stereocenters. The van der Waals surface area contributed by atoms with E-state index in [2.05, 4.69) is 19.9 Å². The highest BCUT2D eigenvalue weighted by molar-refractivity contribution is 5.25. The Kier molecular flexibility index (Phi) is 2.79. The summed E-state index contributed by atoms with van der Waals surface area (Å²) >= 11 is 0. The molecule has 0 aromatic carbocycles. The van der Waals surface area contributed by atoms with Crippen LogP contribution in [0.4, 0.5) is 5.95 Å². The van der Waals surface area contributed by atoms with Gasteiger partial charge in [0.05, 0.1) is 0 Å². The van der Waals surface area contributed by atoms with E-state index < -0.39 is 0 Å². The minimum atomic E-state index is 0.154. The van der Waals surface area contributed by atoms with Gasteiger partial charge < -0.3 is 10.5 Å². The van der Waals surface area contributed by atoms with Gasteiger partial charge in [0.15, 0.2) is 0 Å². The van der Waals surface area contributed by atoms with Gasteiger partial charge in [0.25, 0.3) is 0 Å². The summed E-state index contributed by atoms with van der Waals surface area (Å²) in [6, 6.07) is 0.290. The molecule has 1 aliphatic carbocycles. The van der Waals surface area contributed by atoms with E-state index in [9.17, 15) is 0 Å². The van der Waals surface area contributed by atoms with Crippen molar-refractivity contribution in [2.24, 2.45) is 0 Å². The molecular formula is C11H14N6O. The Balaban J connectivity index is 1.86. The third-order valence-electron chi connectivity index (χ3n) is 2.93. The number of hydrogen-bond donors (Lipinski definition) is 1. The van der Waals surface area contributed by atoms with Gasteiger partial charge in [-0.1, -0.05) is 0 Å². The zero-order chi connectivity index (χ0) is 12.4. The van der Waals surface area contributed by atoms with Crippen molar-refractivity contribution in [3.8, 4) is 12.0 Å². The summed E-state index contributed by atoms with van der Waals surface area (Å²) in [4.78, 5) is 16.2. The molecule has 1 aliphatic rings. The first-order valence-corrected chi connectivity index (χ1v) is 5.98. The normalized spacial score (nSPS) is 16.0. The second-order valence-electron chi connectivity index (χ2n) is 4.27. The van der Waals surface area contributed by atoms with Gasteiger partial charge in [-0.2, -0.15) is 15.0 Å². The average Bonchev–Trinajstić information content (AvgIpc) is 3.00. The monoisotopic (exact) mass is 246 g/mol. The molecule has 18 heavy (non-hydrogen) atoms. The van der Waals surface area contributed by atoms with Gasteiger partial charge in [-0.05, 0) is 25.7 Å². The van der Waals surface area contributed by atoms with E-state index in [1.165, 1.54) is 12.8 Å². The summed E-state index contributed by atoms with van der Waals surface area (Å²) in [5.41, 5.74) is 5.66. The van der Waals surface area contributed by atoms with Crippen LogP contribution < -0.4 is 10.5 Å². The SMILES string of the molecule is Nc1nc(OC2CCCC2)nc(-n2ccnc2)n1. The maximum absolute atomic E-state index is 5.72. The molecule has 94 valence electrons. The third kappa shape index (κ3) is 2.24. The second-order valence-corrected chi connectivity index (χ2v) is 4.27. The number of nitrogens with two attached hydrogens (primary N) is 1. The first-order chi connectivity index (χ1) is 8.81. The maximum atomic E-state index is 5.72. The lowest BCUT2D eigenvalue weighted by molar-refractivity contribution is 0.192. The van der Waals surface area contributed by atoms with Gasteiger partial charge in [-0.15, -0.1) is 0 Å². The van der Waals surface area contributed by atoms with E-state index >= 15 is 0 Å². The number of hydrogen-bond acceptors (Lipinski definition) is 6. The van der Waals surface area contributed by atoms with Gasteiger partial charge in [-0.25, -0.2) is 4.98 Å². The molecule has 7 heteroatoms. The molecule has 2 heterocycles. The Morgan fingerprint density at radius 1 is 1.22 bits per heavy atom. The largest absolute Gasteiger partial charge is 0.460 e. The molecule has 0 saturated heterocycles. The number of nitrogens with zero attached hydrogens (tertiary/aromatic N) is 5. The summed E-state index contributed by atoms with van der Waals surface area (Å²) in [7, 11) is 0. The second kappa shape index (κ2) is 4.59. The summed E-state index contributed by atoms with van der Waals surface area (Å²) in [5, 5.41) is 0. The van der Waals surface area contributed by atoms with Crippen LogP contribution in [0.25, 0.3) is 5.95 Å². The fraction of sp³-hybridized carbons (Fsp3) is 0.455. The van der Waals surface area contributed by atoms with Crippen LogP contribution in [0.5, 0.6) is 6.01 Å². The van der Waals surface area contributed by atoms with Crippen LogP contribution in [-0.4, -0.2) is 30.6 Å². The molecule has 2 N–H and O–H groups in total. The van der Waals surface area contributed by atoms with Crippen LogP contribution in [0.1, 0.15) is 25.7 Å². The molecule has 0 bridgehead atoms. The fourth-order valence-electron chi connectivity index (χ4n) is 2.06. The molecule has 0 radical (unpaired) electrons. The van der Waals surface area contributed by atoms with Crippen LogP contribution in [0.15, 0.2) is 18.7 Å². The summed E-state index contributed by atoms with van der Waals surface area (Å²) in [6.45, 7) is 0. The first-order valence-electron chi connectivity index (χ1n) is 5.98. The fourth-order valence-corrected chi connectivity index (χ4v) is 2.06. The van der Waals surface area contributed by atoms with Crippen molar-refractivity contribution in [3.63, 3.8) is 0 Å². The van der Waals surface area contributed by atoms with Crippen molar-refractivity contribution in [1.29, 1.82) is 0 Å². The molecule has 3 rings (SSSR count). The molecule has 0 spiro atoms. The minimum absolute atomic E-state index is 0.154. The lowest BCUT2D eigenvalue weighted by Crippen LogP contribution is -2.15. The molecule has 1 fully saturated rings. The van der Waals surface area contributed by atoms with Gasteiger partial charge in [-0.3, -0.25) is 4.57 Å². The van der Waals surface area contributed by atoms with E-state index in [-0.39, 0.29) is 18.1 Å². The highest BCUT2D eigenvalue weighted by Gasteiger charge is 2.18. The van der Waals surface area contributed by atoms with E-state index in [0.29, 0.717) is 5.95 Å². The van der Waals surface area contributed by atoms with E-state index in [4.69, 9.17) is 10.5 Å². The zero-order valence-corrected chi connectivity index (χ0v) is 9.86. The zero-order valence-electron chi connectivity index (χ0n) is 9.86. The van der Waals surface area contributed by atoms with Gasteiger partial charge in [0.1, 0.15) is 12.4 Å². The number of rotatable bonds is 3. The van der Waals surface area contributed by atoms with Crippen LogP contribution in [-0.2, 0) is 0 Å². The summed E-state index contributed by atoms with van der Waals surface area (Å²) in [5.74, 6) is 0.578. The highest BCUT2D eigenvalue weighted by atomic mass is 16.5.